The van der Waals surface area contributed by atoms with Gasteiger partial charge in [-0.1, -0.05) is 41.9 Å². The maximum absolute atomic E-state index is 12.5. The van der Waals surface area contributed by atoms with Gasteiger partial charge in [-0.25, -0.2) is 0 Å². The maximum atomic E-state index is 12.5. The van der Waals surface area contributed by atoms with Crippen molar-refractivity contribution in [2.75, 3.05) is 31.6 Å². The molecule has 25 heavy (non-hydrogen) atoms. The lowest BCUT2D eigenvalue weighted by molar-refractivity contribution is -0.130. The second-order valence-electron chi connectivity index (χ2n) is 6.29. The Hall–Kier alpha value is -2.20. The minimum atomic E-state index is -0.0463. The number of nitrogens with zero attached hydrogens (tertiary/aromatic N) is 2. The molecule has 4 nitrogen and oxygen atoms in total. The Bertz CT molecular complexity index is 750. The summed E-state index contributed by atoms with van der Waals surface area (Å²) in [5.41, 5.74) is 1.97. The van der Waals surface area contributed by atoms with Gasteiger partial charge in [0.05, 0.1) is 25.2 Å². The van der Waals surface area contributed by atoms with Gasteiger partial charge in [0, 0.05) is 18.6 Å². The highest BCUT2D eigenvalue weighted by atomic mass is 35.5. The number of fused-ring (bicyclic) bond motifs is 1. The van der Waals surface area contributed by atoms with E-state index >= 15 is 0 Å². The highest BCUT2D eigenvalue weighted by Crippen LogP contribution is 2.32. The van der Waals surface area contributed by atoms with Crippen LogP contribution >= 0.6 is 11.6 Å². The molecule has 1 aliphatic rings. The first-order valence-corrected chi connectivity index (χ1v) is 8.94. The largest absolute Gasteiger partial charge is 0.485 e. The Morgan fingerprint density at radius 1 is 1.24 bits per heavy atom. The van der Waals surface area contributed by atoms with Crippen LogP contribution in [0.2, 0.25) is 5.02 Å². The van der Waals surface area contributed by atoms with E-state index in [9.17, 15) is 4.79 Å². The Labute approximate surface area is 154 Å². The van der Waals surface area contributed by atoms with Gasteiger partial charge < -0.3 is 14.5 Å². The van der Waals surface area contributed by atoms with Crippen LogP contribution in [-0.2, 0) is 11.2 Å². The molecule has 5 heteroatoms. The molecule has 0 radical (unpaired) electrons. The van der Waals surface area contributed by atoms with E-state index in [4.69, 9.17) is 16.3 Å². The molecule has 3 rings (SSSR count). The summed E-state index contributed by atoms with van der Waals surface area (Å²) in [5.74, 6) is 0.922. The minimum Gasteiger partial charge on any atom is -0.485 e. The molecule has 0 unspecified atom stereocenters. The Morgan fingerprint density at radius 3 is 2.72 bits per heavy atom. The van der Waals surface area contributed by atoms with Crippen LogP contribution in [0.5, 0.6) is 5.75 Å². The van der Waals surface area contributed by atoms with E-state index < -0.39 is 0 Å². The van der Waals surface area contributed by atoms with Crippen LogP contribution in [0.25, 0.3) is 0 Å². The standard InChI is InChI=1S/C20H23ClN2O2/c1-3-23-14-16(25-19-11-7-6-10-18(19)23)13-22(2)20(24)12-15-8-4-5-9-17(15)21/h4-11,16H,3,12-14H2,1-2H3/t16-/m0/s1. The number of rotatable bonds is 5. The number of carbonyl (C=O) groups is 1. The molecule has 0 saturated heterocycles. The van der Waals surface area contributed by atoms with Crippen molar-refractivity contribution in [3.8, 4) is 5.75 Å². The summed E-state index contributed by atoms with van der Waals surface area (Å²) in [6.07, 6.45) is 0.256. The quantitative estimate of drug-likeness (QED) is 0.818. The molecule has 1 aliphatic heterocycles. The van der Waals surface area contributed by atoms with Gasteiger partial charge in [-0.05, 0) is 30.7 Å². The van der Waals surface area contributed by atoms with Crippen LogP contribution in [-0.4, -0.2) is 43.6 Å². The van der Waals surface area contributed by atoms with Crippen molar-refractivity contribution >= 4 is 23.2 Å². The normalized spacial score (nSPS) is 16.1. The van der Waals surface area contributed by atoms with Crippen LogP contribution in [0, 0.1) is 0 Å². The van der Waals surface area contributed by atoms with Gasteiger partial charge in [-0.2, -0.15) is 0 Å². The van der Waals surface area contributed by atoms with Gasteiger partial charge in [-0.15, -0.1) is 0 Å². The number of halogens is 1. The zero-order chi connectivity index (χ0) is 17.8. The lowest BCUT2D eigenvalue weighted by atomic mass is 10.1. The number of benzene rings is 2. The topological polar surface area (TPSA) is 32.8 Å². The van der Waals surface area contributed by atoms with Gasteiger partial charge in [0.1, 0.15) is 11.9 Å². The minimum absolute atomic E-state index is 0.0404. The van der Waals surface area contributed by atoms with Crippen molar-refractivity contribution in [1.82, 2.24) is 4.90 Å². The number of amides is 1. The average molecular weight is 359 g/mol. The molecule has 1 atom stereocenters. The van der Waals surface area contributed by atoms with Crippen molar-refractivity contribution in [3.05, 3.63) is 59.1 Å². The number of anilines is 1. The Balaban J connectivity index is 1.64. The summed E-state index contributed by atoms with van der Waals surface area (Å²) in [6, 6.07) is 15.5. The molecular formula is C20H23ClN2O2. The van der Waals surface area contributed by atoms with E-state index in [-0.39, 0.29) is 12.0 Å². The fraction of sp³-hybridized carbons (Fsp3) is 0.350. The summed E-state index contributed by atoms with van der Waals surface area (Å²) in [6.45, 7) is 4.37. The fourth-order valence-corrected chi connectivity index (χ4v) is 3.32. The SMILES string of the molecule is CCN1C[C@H](CN(C)C(=O)Cc2ccccc2Cl)Oc2ccccc21. The molecule has 0 aromatic heterocycles. The molecule has 2 aromatic carbocycles. The second-order valence-corrected chi connectivity index (χ2v) is 6.70. The molecular weight excluding hydrogens is 336 g/mol. The molecule has 0 N–H and O–H groups in total. The van der Waals surface area contributed by atoms with Crippen molar-refractivity contribution in [2.24, 2.45) is 0 Å². The van der Waals surface area contributed by atoms with Crippen LogP contribution in [0.1, 0.15) is 12.5 Å². The number of ether oxygens (including phenoxy) is 1. The number of likely N-dealkylation sites (N-methyl/N-ethyl adjacent to an activating group) is 2. The van der Waals surface area contributed by atoms with Crippen LogP contribution in [0.4, 0.5) is 5.69 Å². The van der Waals surface area contributed by atoms with E-state index in [2.05, 4.69) is 17.9 Å². The first-order valence-electron chi connectivity index (χ1n) is 8.56. The molecule has 0 spiro atoms. The van der Waals surface area contributed by atoms with Crippen molar-refractivity contribution < 1.29 is 9.53 Å². The van der Waals surface area contributed by atoms with Gasteiger partial charge in [-0.3, -0.25) is 4.79 Å². The maximum Gasteiger partial charge on any atom is 0.226 e. The molecule has 0 fully saturated rings. The lowest BCUT2D eigenvalue weighted by Gasteiger charge is -2.37. The summed E-state index contributed by atoms with van der Waals surface area (Å²) in [7, 11) is 1.82. The molecule has 2 aromatic rings. The van der Waals surface area contributed by atoms with E-state index in [1.165, 1.54) is 0 Å². The number of hydrogen-bond acceptors (Lipinski definition) is 3. The van der Waals surface area contributed by atoms with Crippen molar-refractivity contribution in [2.45, 2.75) is 19.4 Å². The van der Waals surface area contributed by atoms with Gasteiger partial charge in [0.15, 0.2) is 0 Å². The second kappa shape index (κ2) is 7.79. The number of carbonyl (C=O) groups excluding carboxylic acids is 1. The molecule has 1 heterocycles. The van der Waals surface area contributed by atoms with Gasteiger partial charge in [0.2, 0.25) is 5.91 Å². The smallest absolute Gasteiger partial charge is 0.226 e. The summed E-state index contributed by atoms with van der Waals surface area (Å²) < 4.78 is 6.10. The highest BCUT2D eigenvalue weighted by Gasteiger charge is 2.26. The molecule has 1 amide bonds. The zero-order valence-corrected chi connectivity index (χ0v) is 15.4. The van der Waals surface area contributed by atoms with Crippen molar-refractivity contribution in [3.63, 3.8) is 0 Å². The van der Waals surface area contributed by atoms with Crippen molar-refractivity contribution in [1.29, 1.82) is 0 Å². The highest BCUT2D eigenvalue weighted by molar-refractivity contribution is 6.31. The lowest BCUT2D eigenvalue weighted by Crippen LogP contribution is -2.47. The van der Waals surface area contributed by atoms with Crippen LogP contribution in [0.15, 0.2) is 48.5 Å². The van der Waals surface area contributed by atoms with E-state index in [1.807, 2.05) is 49.5 Å². The number of hydrogen-bond donors (Lipinski definition) is 0. The average Bonchev–Trinajstić information content (AvgIpc) is 2.62. The summed E-state index contributed by atoms with van der Waals surface area (Å²) in [5, 5.41) is 0.629. The Kier molecular flexibility index (Phi) is 5.49. The first-order chi connectivity index (χ1) is 12.1. The molecule has 0 aliphatic carbocycles. The van der Waals surface area contributed by atoms with E-state index in [0.717, 1.165) is 30.1 Å². The molecule has 132 valence electrons. The Morgan fingerprint density at radius 2 is 1.96 bits per heavy atom. The third-order valence-corrected chi connectivity index (χ3v) is 4.88. The third-order valence-electron chi connectivity index (χ3n) is 4.51. The van der Waals surface area contributed by atoms with Crippen LogP contribution in [0.3, 0.4) is 0 Å². The van der Waals surface area contributed by atoms with Gasteiger partial charge >= 0.3 is 0 Å². The third kappa shape index (κ3) is 4.07. The summed E-state index contributed by atoms with van der Waals surface area (Å²) in [4.78, 5) is 16.6. The van der Waals surface area contributed by atoms with Gasteiger partial charge in [0.25, 0.3) is 0 Å². The van der Waals surface area contributed by atoms with E-state index in [0.29, 0.717) is 18.0 Å². The monoisotopic (exact) mass is 358 g/mol. The molecule has 0 saturated carbocycles. The summed E-state index contributed by atoms with van der Waals surface area (Å²) >= 11 is 6.16. The molecule has 0 bridgehead atoms. The predicted molar refractivity (Wildman–Crippen MR) is 102 cm³/mol. The predicted octanol–water partition coefficient (Wildman–Crippen LogP) is 3.63. The first kappa shape index (κ1) is 17.6. The van der Waals surface area contributed by atoms with E-state index in [1.54, 1.807) is 4.90 Å². The zero-order valence-electron chi connectivity index (χ0n) is 14.6. The fourth-order valence-electron chi connectivity index (χ4n) is 3.12. The number of para-hydroxylation sites is 2. The van der Waals surface area contributed by atoms with Crippen LogP contribution < -0.4 is 9.64 Å².